The Hall–Kier alpha value is -0.820. The zero-order chi connectivity index (χ0) is 11.3. The van der Waals surface area contributed by atoms with Gasteiger partial charge in [-0.15, -0.1) is 0 Å². The third-order valence-corrected chi connectivity index (χ3v) is 2.10. The Morgan fingerprint density at radius 1 is 1.60 bits per heavy atom. The summed E-state index contributed by atoms with van der Waals surface area (Å²) in [5.41, 5.74) is -0.297. The molecule has 0 amide bonds. The minimum atomic E-state index is -2.47. The molecule has 0 saturated carbocycles. The summed E-state index contributed by atoms with van der Waals surface area (Å²) in [5.74, 6) is 0.414. The molecule has 7 heteroatoms. The predicted octanol–water partition coefficient (Wildman–Crippen LogP) is 1.36. The number of hydrogen-bond donors (Lipinski definition) is 1. The van der Waals surface area contributed by atoms with Crippen LogP contribution in [0, 0.1) is 0 Å². The lowest BCUT2D eigenvalue weighted by Crippen LogP contribution is -2.14. The van der Waals surface area contributed by atoms with Gasteiger partial charge in [0.1, 0.15) is 16.9 Å². The Morgan fingerprint density at radius 3 is 2.93 bits per heavy atom. The van der Waals surface area contributed by atoms with Crippen LogP contribution in [0.1, 0.15) is 5.82 Å². The van der Waals surface area contributed by atoms with Gasteiger partial charge < -0.3 is 9.72 Å². The van der Waals surface area contributed by atoms with Crippen molar-refractivity contribution in [1.29, 1.82) is 0 Å². The van der Waals surface area contributed by atoms with Crippen LogP contribution >= 0.6 is 15.9 Å². The van der Waals surface area contributed by atoms with Crippen LogP contribution in [0.15, 0.2) is 15.5 Å². The summed E-state index contributed by atoms with van der Waals surface area (Å²) < 4.78 is 28.3. The Kier molecular flexibility index (Phi) is 4.83. The maximum absolute atomic E-state index is 11.7. The molecule has 0 unspecified atom stereocenters. The Balaban J connectivity index is 2.38. The van der Waals surface area contributed by atoms with E-state index in [0.29, 0.717) is 16.7 Å². The molecule has 0 atom stereocenters. The number of ether oxygens (including phenoxy) is 1. The monoisotopic (exact) mass is 282 g/mol. The van der Waals surface area contributed by atoms with Gasteiger partial charge in [0.25, 0.3) is 12.0 Å². The first-order chi connectivity index (χ1) is 7.09. The summed E-state index contributed by atoms with van der Waals surface area (Å²) in [5, 5.41) is 0. The van der Waals surface area contributed by atoms with Crippen molar-refractivity contribution in [2.24, 2.45) is 0 Å². The smallest absolute Gasteiger partial charge is 0.265 e. The quantitative estimate of drug-likeness (QED) is 0.830. The minimum absolute atomic E-state index is 0.106. The molecule has 0 fully saturated rings. The van der Waals surface area contributed by atoms with Crippen LogP contribution in [0.5, 0.6) is 0 Å². The highest BCUT2D eigenvalue weighted by Crippen LogP contribution is 1.99. The predicted molar refractivity (Wildman–Crippen MR) is 53.1 cm³/mol. The summed E-state index contributed by atoms with van der Waals surface area (Å²) in [7, 11) is 0. The third-order valence-electron chi connectivity index (χ3n) is 1.54. The zero-order valence-electron chi connectivity index (χ0n) is 7.67. The first-order valence-corrected chi connectivity index (χ1v) is 4.98. The Labute approximate surface area is 92.8 Å². The van der Waals surface area contributed by atoms with Gasteiger partial charge in [-0.25, -0.2) is 13.8 Å². The number of halogens is 3. The average Bonchev–Trinajstić information content (AvgIpc) is 2.18. The third kappa shape index (κ3) is 4.48. The van der Waals surface area contributed by atoms with E-state index in [1.807, 2.05) is 0 Å². The number of nitrogens with one attached hydrogen (secondary N) is 1. The van der Waals surface area contributed by atoms with E-state index < -0.39 is 13.0 Å². The number of H-pyrrole nitrogens is 1. The van der Waals surface area contributed by atoms with Gasteiger partial charge in [-0.05, 0) is 15.9 Å². The molecular formula is C8H9BrF2N2O2. The van der Waals surface area contributed by atoms with Crippen molar-refractivity contribution in [2.75, 3.05) is 13.2 Å². The maximum atomic E-state index is 11.7. The summed E-state index contributed by atoms with van der Waals surface area (Å²) in [6, 6.07) is 0. The van der Waals surface area contributed by atoms with Gasteiger partial charge in [0.15, 0.2) is 0 Å². The highest BCUT2D eigenvalue weighted by atomic mass is 79.9. The van der Waals surface area contributed by atoms with Crippen LogP contribution in [-0.2, 0) is 11.2 Å². The molecule has 15 heavy (non-hydrogen) atoms. The molecule has 0 radical (unpaired) electrons. The molecule has 0 spiro atoms. The second-order valence-electron chi connectivity index (χ2n) is 2.72. The van der Waals surface area contributed by atoms with Crippen molar-refractivity contribution in [2.45, 2.75) is 12.8 Å². The Morgan fingerprint density at radius 2 is 2.33 bits per heavy atom. The van der Waals surface area contributed by atoms with E-state index in [-0.39, 0.29) is 12.2 Å². The van der Waals surface area contributed by atoms with Crippen LogP contribution in [0.4, 0.5) is 8.78 Å². The van der Waals surface area contributed by atoms with Crippen molar-refractivity contribution in [1.82, 2.24) is 9.97 Å². The van der Waals surface area contributed by atoms with E-state index in [1.165, 1.54) is 6.20 Å². The van der Waals surface area contributed by atoms with Crippen molar-refractivity contribution >= 4 is 15.9 Å². The largest absolute Gasteiger partial charge is 0.375 e. The van der Waals surface area contributed by atoms with Gasteiger partial charge in [-0.1, -0.05) is 0 Å². The zero-order valence-corrected chi connectivity index (χ0v) is 9.26. The summed E-state index contributed by atoms with van der Waals surface area (Å²) in [6.07, 6.45) is -0.807. The van der Waals surface area contributed by atoms with E-state index >= 15 is 0 Å². The second kappa shape index (κ2) is 5.92. The van der Waals surface area contributed by atoms with Crippen LogP contribution in [0.3, 0.4) is 0 Å². The SMILES string of the molecule is O=c1[nH]c(CCOCC(F)F)ncc1Br. The second-order valence-corrected chi connectivity index (χ2v) is 3.58. The van der Waals surface area contributed by atoms with Crippen molar-refractivity contribution < 1.29 is 13.5 Å². The first-order valence-electron chi connectivity index (χ1n) is 4.19. The number of aromatic nitrogens is 2. The van der Waals surface area contributed by atoms with E-state index in [9.17, 15) is 13.6 Å². The van der Waals surface area contributed by atoms with Gasteiger partial charge >= 0.3 is 0 Å². The standard InChI is InChI=1S/C8H9BrF2N2O2/c9-5-3-12-7(13-8(5)14)1-2-15-4-6(10)11/h3,6H,1-2,4H2,(H,12,13,14). The molecule has 4 nitrogen and oxygen atoms in total. The minimum Gasteiger partial charge on any atom is -0.375 e. The lowest BCUT2D eigenvalue weighted by atomic mass is 10.4. The molecule has 0 aromatic carbocycles. The van der Waals surface area contributed by atoms with Gasteiger partial charge in [-0.3, -0.25) is 4.79 Å². The maximum Gasteiger partial charge on any atom is 0.265 e. The van der Waals surface area contributed by atoms with Crippen molar-refractivity contribution in [3.8, 4) is 0 Å². The number of rotatable bonds is 5. The summed E-state index contributed by atoms with van der Waals surface area (Å²) in [4.78, 5) is 17.4. The molecule has 84 valence electrons. The first kappa shape index (κ1) is 12.3. The van der Waals surface area contributed by atoms with E-state index in [4.69, 9.17) is 0 Å². The number of hydrogen-bond acceptors (Lipinski definition) is 3. The molecule has 0 aliphatic rings. The number of alkyl halides is 2. The molecule has 0 aliphatic heterocycles. The van der Waals surface area contributed by atoms with E-state index in [1.54, 1.807) is 0 Å². The molecule has 1 rings (SSSR count). The van der Waals surface area contributed by atoms with Gasteiger partial charge in [0.2, 0.25) is 0 Å². The van der Waals surface area contributed by atoms with Crippen LogP contribution < -0.4 is 5.56 Å². The molecule has 0 saturated heterocycles. The molecule has 1 aromatic rings. The van der Waals surface area contributed by atoms with Crippen LogP contribution in [0.2, 0.25) is 0 Å². The lowest BCUT2D eigenvalue weighted by Gasteiger charge is -2.02. The van der Waals surface area contributed by atoms with Crippen LogP contribution in [0.25, 0.3) is 0 Å². The fraction of sp³-hybridized carbons (Fsp3) is 0.500. The molecule has 1 heterocycles. The molecular weight excluding hydrogens is 274 g/mol. The van der Waals surface area contributed by atoms with Crippen LogP contribution in [-0.4, -0.2) is 29.6 Å². The van der Waals surface area contributed by atoms with E-state index in [2.05, 4.69) is 30.6 Å². The van der Waals surface area contributed by atoms with E-state index in [0.717, 1.165) is 0 Å². The molecule has 1 aromatic heterocycles. The molecule has 0 bridgehead atoms. The molecule has 0 aliphatic carbocycles. The Bertz CT molecular complexity index is 370. The highest BCUT2D eigenvalue weighted by Gasteiger charge is 2.03. The summed E-state index contributed by atoms with van der Waals surface area (Å²) >= 11 is 2.99. The number of nitrogens with zero attached hydrogens (tertiary/aromatic N) is 1. The lowest BCUT2D eigenvalue weighted by molar-refractivity contribution is 0.0182. The fourth-order valence-corrected chi connectivity index (χ4v) is 1.09. The fourth-order valence-electron chi connectivity index (χ4n) is 0.885. The topological polar surface area (TPSA) is 55.0 Å². The van der Waals surface area contributed by atoms with Gasteiger partial charge in [0, 0.05) is 12.6 Å². The number of aromatic amines is 1. The normalized spacial score (nSPS) is 10.9. The van der Waals surface area contributed by atoms with Gasteiger partial charge in [0.05, 0.1) is 6.61 Å². The summed E-state index contributed by atoms with van der Waals surface area (Å²) in [6.45, 7) is -0.490. The highest BCUT2D eigenvalue weighted by molar-refractivity contribution is 9.10. The van der Waals surface area contributed by atoms with Gasteiger partial charge in [-0.2, -0.15) is 0 Å². The average molecular weight is 283 g/mol. The van der Waals surface area contributed by atoms with Crippen molar-refractivity contribution in [3.63, 3.8) is 0 Å². The molecule has 1 N–H and O–H groups in total. The van der Waals surface area contributed by atoms with Crippen molar-refractivity contribution in [3.05, 3.63) is 26.8 Å².